The Kier molecular flexibility index (Phi) is 6.82. The van der Waals surface area contributed by atoms with Crippen molar-refractivity contribution in [1.82, 2.24) is 25.2 Å². The molecule has 5 atom stereocenters. The fourth-order valence-corrected chi connectivity index (χ4v) is 9.82. The summed E-state index contributed by atoms with van der Waals surface area (Å²) in [4.78, 5) is 27.9. The fraction of sp³-hybridized carbons (Fsp3) is 0.679. The van der Waals surface area contributed by atoms with Crippen LogP contribution in [0.4, 0.5) is 23.4 Å². The van der Waals surface area contributed by atoms with E-state index in [1.807, 2.05) is 4.90 Å². The summed E-state index contributed by atoms with van der Waals surface area (Å²) in [5.41, 5.74) is -2.84. The molecule has 5 aliphatic rings. The third-order valence-electron chi connectivity index (χ3n) is 9.83. The van der Waals surface area contributed by atoms with Crippen molar-refractivity contribution >= 4 is 15.7 Å². The van der Waals surface area contributed by atoms with Gasteiger partial charge in [0.05, 0.1) is 22.5 Å². The Morgan fingerprint density at radius 1 is 1.16 bits per heavy atom. The van der Waals surface area contributed by atoms with Crippen molar-refractivity contribution in [3.8, 4) is 6.01 Å². The van der Waals surface area contributed by atoms with Gasteiger partial charge in [0.1, 0.15) is 23.8 Å². The SMILES string of the molecule is Cc1cc(=O)[nH]c([C@H]2Cc3nc(OC[C@@]45CCCN4C[C@H](F)C5)nc(N4C[C@H]5CC[C@@H](C4)N5)c3CS2(=O)=O)c1C(F)(F)F. The number of nitrogens with zero attached hydrogens (tertiary/aromatic N) is 4. The van der Waals surface area contributed by atoms with Crippen molar-refractivity contribution in [3.63, 3.8) is 0 Å². The lowest BCUT2D eigenvalue weighted by atomic mass is 9.95. The number of aromatic nitrogens is 3. The summed E-state index contributed by atoms with van der Waals surface area (Å²) < 4.78 is 90.5. The van der Waals surface area contributed by atoms with Gasteiger partial charge in [0.15, 0.2) is 9.84 Å². The number of rotatable bonds is 5. The van der Waals surface area contributed by atoms with Crippen LogP contribution in [0.25, 0.3) is 0 Å². The van der Waals surface area contributed by atoms with Crippen LogP contribution >= 0.6 is 0 Å². The summed E-state index contributed by atoms with van der Waals surface area (Å²) in [6, 6.07) is 1.23. The topological polar surface area (TPSA) is 121 Å². The molecule has 4 saturated heterocycles. The largest absolute Gasteiger partial charge is 0.461 e. The third kappa shape index (κ3) is 5.10. The highest BCUT2D eigenvalue weighted by atomic mass is 32.2. The average molecular weight is 627 g/mol. The van der Waals surface area contributed by atoms with E-state index in [0.717, 1.165) is 45.2 Å². The minimum atomic E-state index is -4.88. The predicted molar refractivity (Wildman–Crippen MR) is 149 cm³/mol. The van der Waals surface area contributed by atoms with Gasteiger partial charge in [-0.05, 0) is 44.7 Å². The summed E-state index contributed by atoms with van der Waals surface area (Å²) in [6.07, 6.45) is -2.23. The maximum atomic E-state index is 14.4. The fourth-order valence-electron chi connectivity index (χ4n) is 7.97. The molecule has 2 aromatic rings. The van der Waals surface area contributed by atoms with Crippen molar-refractivity contribution in [2.24, 2.45) is 0 Å². The summed E-state index contributed by atoms with van der Waals surface area (Å²) in [6.45, 7) is 3.61. The molecule has 0 spiro atoms. The highest BCUT2D eigenvalue weighted by Gasteiger charge is 2.50. The van der Waals surface area contributed by atoms with Crippen LogP contribution in [-0.2, 0) is 28.2 Å². The summed E-state index contributed by atoms with van der Waals surface area (Å²) >= 11 is 0. The number of ether oxygens (including phenoxy) is 1. The summed E-state index contributed by atoms with van der Waals surface area (Å²) in [5.74, 6) is -0.166. The molecule has 5 aliphatic heterocycles. The molecule has 0 aromatic carbocycles. The van der Waals surface area contributed by atoms with Gasteiger partial charge in [0, 0.05) is 61.9 Å². The van der Waals surface area contributed by atoms with E-state index in [-0.39, 0.29) is 42.4 Å². The molecule has 43 heavy (non-hydrogen) atoms. The lowest BCUT2D eigenvalue weighted by Crippen LogP contribution is -2.52. The van der Waals surface area contributed by atoms with Crippen LogP contribution < -0.4 is 20.5 Å². The third-order valence-corrected chi connectivity index (χ3v) is 11.8. The number of anilines is 1. The van der Waals surface area contributed by atoms with E-state index in [0.29, 0.717) is 37.4 Å². The molecule has 10 nitrogen and oxygen atoms in total. The smallest absolute Gasteiger partial charge is 0.418 e. The molecule has 0 saturated carbocycles. The van der Waals surface area contributed by atoms with Crippen LogP contribution in [0, 0.1) is 6.92 Å². The van der Waals surface area contributed by atoms with Crippen molar-refractivity contribution in [2.45, 2.75) is 86.4 Å². The van der Waals surface area contributed by atoms with Gasteiger partial charge in [-0.2, -0.15) is 23.1 Å². The van der Waals surface area contributed by atoms with Crippen LogP contribution in [0.5, 0.6) is 6.01 Å². The lowest BCUT2D eigenvalue weighted by molar-refractivity contribution is -0.139. The average Bonchev–Trinajstić information content (AvgIpc) is 3.55. The number of halogens is 4. The molecule has 0 radical (unpaired) electrons. The van der Waals surface area contributed by atoms with E-state index < -0.39 is 55.5 Å². The molecule has 15 heteroatoms. The van der Waals surface area contributed by atoms with Crippen molar-refractivity contribution in [1.29, 1.82) is 0 Å². The maximum absolute atomic E-state index is 14.4. The highest BCUT2D eigenvalue weighted by molar-refractivity contribution is 7.91. The molecule has 4 fully saturated rings. The molecule has 0 aliphatic carbocycles. The number of aromatic amines is 1. The summed E-state index contributed by atoms with van der Waals surface area (Å²) in [5, 5.41) is 1.87. The number of sulfone groups is 1. The Hall–Kier alpha value is -2.78. The van der Waals surface area contributed by atoms with E-state index in [1.165, 1.54) is 0 Å². The Labute approximate surface area is 246 Å². The van der Waals surface area contributed by atoms with Gasteiger partial charge < -0.3 is 19.9 Å². The van der Waals surface area contributed by atoms with Gasteiger partial charge in [-0.25, -0.2) is 12.8 Å². The number of H-pyrrole nitrogens is 1. The molecular formula is C28H34F4N6O4S. The minimum Gasteiger partial charge on any atom is -0.461 e. The number of alkyl halides is 4. The first-order valence-corrected chi connectivity index (χ1v) is 16.5. The van der Waals surface area contributed by atoms with Crippen molar-refractivity contribution < 1.29 is 30.7 Å². The Morgan fingerprint density at radius 2 is 1.91 bits per heavy atom. The van der Waals surface area contributed by atoms with Gasteiger partial charge >= 0.3 is 12.2 Å². The van der Waals surface area contributed by atoms with Gasteiger partial charge in [-0.3, -0.25) is 9.69 Å². The maximum Gasteiger partial charge on any atom is 0.418 e. The second-order valence-electron chi connectivity index (χ2n) is 12.8. The van der Waals surface area contributed by atoms with E-state index in [2.05, 4.69) is 20.2 Å². The number of hydrogen-bond acceptors (Lipinski definition) is 9. The molecular weight excluding hydrogens is 592 g/mol. The normalized spacial score (nSPS) is 31.7. The number of pyridine rings is 1. The first kappa shape index (κ1) is 29.0. The quantitative estimate of drug-likeness (QED) is 0.483. The number of piperazine rings is 1. The van der Waals surface area contributed by atoms with Crippen molar-refractivity contribution in [3.05, 3.63) is 44.5 Å². The molecule has 2 aromatic heterocycles. The van der Waals surface area contributed by atoms with Crippen LogP contribution in [0.15, 0.2) is 10.9 Å². The lowest BCUT2D eigenvalue weighted by Gasteiger charge is -2.37. The number of hydrogen-bond donors (Lipinski definition) is 2. The molecule has 7 heterocycles. The van der Waals surface area contributed by atoms with E-state index in [1.54, 1.807) is 0 Å². The second kappa shape index (κ2) is 10.1. The van der Waals surface area contributed by atoms with E-state index in [9.17, 15) is 30.8 Å². The zero-order valence-electron chi connectivity index (χ0n) is 23.7. The minimum absolute atomic E-state index is 0.00464. The van der Waals surface area contributed by atoms with Crippen LogP contribution in [-0.4, -0.2) is 84.8 Å². The van der Waals surface area contributed by atoms with E-state index >= 15 is 0 Å². The highest BCUT2D eigenvalue weighted by Crippen LogP contribution is 2.44. The van der Waals surface area contributed by atoms with Crippen LogP contribution in [0.2, 0.25) is 0 Å². The molecule has 7 rings (SSSR count). The van der Waals surface area contributed by atoms with E-state index in [4.69, 9.17) is 9.72 Å². The molecule has 0 unspecified atom stereocenters. The first-order valence-electron chi connectivity index (χ1n) is 14.8. The molecule has 2 N–H and O–H groups in total. The van der Waals surface area contributed by atoms with Gasteiger partial charge in [-0.15, -0.1) is 0 Å². The Balaban J connectivity index is 1.30. The van der Waals surface area contributed by atoms with Crippen molar-refractivity contribution in [2.75, 3.05) is 37.7 Å². The van der Waals surface area contributed by atoms with Gasteiger partial charge in [0.2, 0.25) is 5.56 Å². The monoisotopic (exact) mass is 626 g/mol. The van der Waals surface area contributed by atoms with Crippen LogP contribution in [0.1, 0.15) is 65.4 Å². The standard InChI is InChI=1S/C28H34F4N6O4S/c1-15-7-22(39)35-24(23(15)28(30,31)32)21-8-20-19(13-43(21,40)41)25(37-11-17-3-4-18(12-37)33-17)36-26(34-20)42-14-27-5-2-6-38(27)10-16(29)9-27/h7,16-18,21,33H,2-6,8-14H2,1H3,(H,35,39)/t16-,17-,18+,21-,27+/m1/s1. The Morgan fingerprint density at radius 3 is 2.63 bits per heavy atom. The Bertz CT molecular complexity index is 1610. The molecule has 0 amide bonds. The molecule has 2 bridgehead atoms. The predicted octanol–water partition coefficient (Wildman–Crippen LogP) is 2.60. The number of aryl methyl sites for hydroxylation is 1. The first-order chi connectivity index (χ1) is 20.3. The zero-order valence-corrected chi connectivity index (χ0v) is 24.5. The molecule has 234 valence electrons. The number of nitrogens with one attached hydrogen (secondary N) is 2. The second-order valence-corrected chi connectivity index (χ2v) is 14.9. The van der Waals surface area contributed by atoms with Gasteiger partial charge in [-0.1, -0.05) is 0 Å². The van der Waals surface area contributed by atoms with Crippen LogP contribution in [0.3, 0.4) is 0 Å². The number of fused-ring (bicyclic) bond motifs is 4. The van der Waals surface area contributed by atoms with Gasteiger partial charge in [0.25, 0.3) is 0 Å². The zero-order chi connectivity index (χ0) is 30.3. The summed E-state index contributed by atoms with van der Waals surface area (Å²) in [7, 11) is -4.22.